The highest BCUT2D eigenvalue weighted by molar-refractivity contribution is 5.81. The smallest absolute Gasteiger partial charge is 0.308 e. The molecule has 5 nitrogen and oxygen atoms in total. The van der Waals surface area contributed by atoms with E-state index < -0.39 is 11.9 Å². The van der Waals surface area contributed by atoms with Crippen LogP contribution in [-0.4, -0.2) is 48.2 Å². The van der Waals surface area contributed by atoms with Gasteiger partial charge >= 0.3 is 5.97 Å². The van der Waals surface area contributed by atoms with Crippen LogP contribution < -0.4 is 0 Å². The number of carboxylic acids is 1. The third kappa shape index (κ3) is 3.46. The van der Waals surface area contributed by atoms with E-state index in [2.05, 4.69) is 0 Å². The van der Waals surface area contributed by atoms with Crippen molar-refractivity contribution in [1.29, 1.82) is 0 Å². The Bertz CT molecular complexity index is 582. The first kappa shape index (κ1) is 17.0. The zero-order chi connectivity index (χ0) is 17.1. The maximum atomic E-state index is 12.9. The van der Waals surface area contributed by atoms with Gasteiger partial charge in [-0.05, 0) is 24.3 Å². The summed E-state index contributed by atoms with van der Waals surface area (Å²) in [6.45, 7) is 4.21. The molecule has 0 bridgehead atoms. The van der Waals surface area contributed by atoms with Crippen molar-refractivity contribution >= 4 is 11.9 Å². The quantitative estimate of drug-likeness (QED) is 0.920. The highest BCUT2D eigenvalue weighted by atomic mass is 16.5. The Labute approximate surface area is 142 Å². The van der Waals surface area contributed by atoms with E-state index in [4.69, 9.17) is 4.74 Å². The summed E-state index contributed by atoms with van der Waals surface area (Å²) in [5.41, 5.74) is 0.999. The summed E-state index contributed by atoms with van der Waals surface area (Å²) < 4.78 is 5.38. The first-order valence-electron chi connectivity index (χ1n) is 8.72. The lowest BCUT2D eigenvalue weighted by Gasteiger charge is -2.30. The standard InChI is InChI=1S/C19H25NO4/c1-13(14-7-9-24-10-8-14)18(21)20-11-16(17(12-20)19(22)23)15-5-3-2-4-6-15/h2-6,13-14,16-17H,7-12H2,1H3,(H,22,23)/t13?,16-,17-/m0/s1. The van der Waals surface area contributed by atoms with Crippen LogP contribution in [0.3, 0.4) is 0 Å². The van der Waals surface area contributed by atoms with Crippen LogP contribution in [-0.2, 0) is 14.3 Å². The van der Waals surface area contributed by atoms with Gasteiger partial charge in [0, 0.05) is 38.1 Å². The van der Waals surface area contributed by atoms with Gasteiger partial charge in [0.25, 0.3) is 0 Å². The van der Waals surface area contributed by atoms with Crippen molar-refractivity contribution in [2.45, 2.75) is 25.7 Å². The van der Waals surface area contributed by atoms with Crippen molar-refractivity contribution in [2.75, 3.05) is 26.3 Å². The Morgan fingerprint density at radius 3 is 2.46 bits per heavy atom. The SMILES string of the molecule is CC(C(=O)N1C[C@H](C(=O)O)[C@H](c2ccccc2)C1)C1CCOCC1. The summed E-state index contributed by atoms with van der Waals surface area (Å²) in [4.78, 5) is 26.3. The van der Waals surface area contributed by atoms with Crippen molar-refractivity contribution in [1.82, 2.24) is 4.90 Å². The zero-order valence-electron chi connectivity index (χ0n) is 14.1. The number of ether oxygens (including phenoxy) is 1. The van der Waals surface area contributed by atoms with Crippen molar-refractivity contribution in [2.24, 2.45) is 17.8 Å². The largest absolute Gasteiger partial charge is 0.481 e. The lowest BCUT2D eigenvalue weighted by atomic mass is 9.86. The average Bonchev–Trinajstić information content (AvgIpc) is 3.07. The number of aliphatic carboxylic acids is 1. The second kappa shape index (κ2) is 7.34. The van der Waals surface area contributed by atoms with Crippen molar-refractivity contribution in [3.05, 3.63) is 35.9 Å². The zero-order valence-corrected chi connectivity index (χ0v) is 14.1. The van der Waals surface area contributed by atoms with E-state index in [9.17, 15) is 14.7 Å². The number of nitrogens with zero attached hydrogens (tertiary/aromatic N) is 1. The first-order valence-corrected chi connectivity index (χ1v) is 8.72. The van der Waals surface area contributed by atoms with E-state index in [0.29, 0.717) is 32.2 Å². The number of amides is 1. The van der Waals surface area contributed by atoms with Crippen LogP contribution in [0.4, 0.5) is 0 Å². The molecule has 1 unspecified atom stereocenters. The predicted molar refractivity (Wildman–Crippen MR) is 89.6 cm³/mol. The van der Waals surface area contributed by atoms with Gasteiger partial charge in [0.05, 0.1) is 5.92 Å². The summed E-state index contributed by atoms with van der Waals surface area (Å²) in [5, 5.41) is 9.58. The molecule has 0 aromatic heterocycles. The maximum Gasteiger partial charge on any atom is 0.308 e. The van der Waals surface area contributed by atoms with E-state index in [1.54, 1.807) is 4.90 Å². The molecule has 1 aromatic carbocycles. The third-order valence-corrected chi connectivity index (χ3v) is 5.54. The molecule has 1 aromatic rings. The van der Waals surface area contributed by atoms with Crippen LogP contribution in [0, 0.1) is 17.8 Å². The molecule has 2 heterocycles. The Balaban J connectivity index is 1.72. The number of hydrogen-bond donors (Lipinski definition) is 1. The van der Waals surface area contributed by atoms with E-state index >= 15 is 0 Å². The van der Waals surface area contributed by atoms with Crippen LogP contribution >= 0.6 is 0 Å². The lowest BCUT2D eigenvalue weighted by molar-refractivity contribution is -0.142. The minimum atomic E-state index is -0.821. The second-order valence-corrected chi connectivity index (χ2v) is 6.94. The van der Waals surface area contributed by atoms with Crippen molar-refractivity contribution < 1.29 is 19.4 Å². The Kier molecular flexibility index (Phi) is 5.19. The summed E-state index contributed by atoms with van der Waals surface area (Å²) in [7, 11) is 0. The van der Waals surface area contributed by atoms with Crippen LogP contribution in [0.15, 0.2) is 30.3 Å². The Hall–Kier alpha value is -1.88. The van der Waals surface area contributed by atoms with Crippen LogP contribution in [0.1, 0.15) is 31.2 Å². The van der Waals surface area contributed by atoms with Gasteiger partial charge in [-0.25, -0.2) is 0 Å². The van der Waals surface area contributed by atoms with Crippen molar-refractivity contribution in [3.8, 4) is 0 Å². The number of likely N-dealkylation sites (tertiary alicyclic amines) is 1. The molecule has 3 atom stereocenters. The highest BCUT2D eigenvalue weighted by Crippen LogP contribution is 2.35. The topological polar surface area (TPSA) is 66.8 Å². The van der Waals surface area contributed by atoms with E-state index in [1.807, 2.05) is 37.3 Å². The fourth-order valence-corrected chi connectivity index (χ4v) is 3.98. The van der Waals surface area contributed by atoms with Gasteiger partial charge in [0.1, 0.15) is 0 Å². The number of carboxylic acid groups (broad SMARTS) is 1. The first-order chi connectivity index (χ1) is 11.6. The maximum absolute atomic E-state index is 12.9. The third-order valence-electron chi connectivity index (χ3n) is 5.54. The minimum Gasteiger partial charge on any atom is -0.481 e. The molecule has 0 spiro atoms. The van der Waals surface area contributed by atoms with Crippen LogP contribution in [0.5, 0.6) is 0 Å². The number of benzene rings is 1. The summed E-state index contributed by atoms with van der Waals surface area (Å²) in [5.74, 6) is -1.12. The molecular formula is C19H25NO4. The molecule has 130 valence electrons. The molecule has 5 heteroatoms. The molecule has 2 fully saturated rings. The van der Waals surface area contributed by atoms with E-state index in [0.717, 1.165) is 18.4 Å². The average molecular weight is 331 g/mol. The van der Waals surface area contributed by atoms with Gasteiger partial charge in [-0.15, -0.1) is 0 Å². The van der Waals surface area contributed by atoms with Gasteiger partial charge < -0.3 is 14.7 Å². The predicted octanol–water partition coefficient (Wildman–Crippen LogP) is 2.38. The summed E-state index contributed by atoms with van der Waals surface area (Å²) in [6.07, 6.45) is 1.82. The molecule has 0 saturated carbocycles. The second-order valence-electron chi connectivity index (χ2n) is 6.94. The Morgan fingerprint density at radius 1 is 1.17 bits per heavy atom. The Morgan fingerprint density at radius 2 is 1.83 bits per heavy atom. The molecule has 0 radical (unpaired) electrons. The van der Waals surface area contributed by atoms with Gasteiger partial charge in [-0.2, -0.15) is 0 Å². The van der Waals surface area contributed by atoms with Crippen LogP contribution in [0.25, 0.3) is 0 Å². The van der Waals surface area contributed by atoms with Crippen molar-refractivity contribution in [3.63, 3.8) is 0 Å². The molecule has 1 N–H and O–H groups in total. The number of rotatable bonds is 4. The summed E-state index contributed by atoms with van der Waals surface area (Å²) in [6, 6.07) is 9.67. The molecule has 2 aliphatic rings. The molecule has 3 rings (SSSR count). The summed E-state index contributed by atoms with van der Waals surface area (Å²) >= 11 is 0. The normalized spacial score (nSPS) is 26.3. The molecular weight excluding hydrogens is 306 g/mol. The molecule has 0 aliphatic carbocycles. The highest BCUT2D eigenvalue weighted by Gasteiger charge is 2.42. The molecule has 24 heavy (non-hydrogen) atoms. The van der Waals surface area contributed by atoms with Crippen LogP contribution in [0.2, 0.25) is 0 Å². The van der Waals surface area contributed by atoms with Gasteiger partial charge in [-0.1, -0.05) is 37.3 Å². The monoisotopic (exact) mass is 331 g/mol. The number of carbonyl (C=O) groups excluding carboxylic acids is 1. The van der Waals surface area contributed by atoms with E-state index in [-0.39, 0.29) is 17.7 Å². The fourth-order valence-electron chi connectivity index (χ4n) is 3.98. The van der Waals surface area contributed by atoms with Gasteiger partial charge in [0.2, 0.25) is 5.91 Å². The fraction of sp³-hybridized carbons (Fsp3) is 0.579. The van der Waals surface area contributed by atoms with Gasteiger partial charge in [-0.3, -0.25) is 9.59 Å². The van der Waals surface area contributed by atoms with Gasteiger partial charge in [0.15, 0.2) is 0 Å². The molecule has 2 aliphatic heterocycles. The molecule has 2 saturated heterocycles. The minimum absolute atomic E-state index is 0.0714. The van der Waals surface area contributed by atoms with E-state index in [1.165, 1.54) is 0 Å². The number of carbonyl (C=O) groups is 2. The molecule has 1 amide bonds. The number of hydrogen-bond acceptors (Lipinski definition) is 3. The lowest BCUT2D eigenvalue weighted by Crippen LogP contribution is -2.38.